The lowest BCUT2D eigenvalue weighted by molar-refractivity contribution is 0.415. The van der Waals surface area contributed by atoms with Gasteiger partial charge in [-0.25, -0.2) is 9.50 Å². The Morgan fingerprint density at radius 3 is 2.26 bits per heavy atom. The van der Waals surface area contributed by atoms with Crippen molar-refractivity contribution in [1.82, 2.24) is 14.6 Å². The van der Waals surface area contributed by atoms with Gasteiger partial charge in [0, 0.05) is 17.3 Å². The Labute approximate surface area is 202 Å². The van der Waals surface area contributed by atoms with Crippen molar-refractivity contribution < 1.29 is 4.74 Å². The maximum absolute atomic E-state index is 5.37. The molecule has 0 amide bonds. The molecule has 0 atom stereocenters. The fraction of sp³-hybridized carbons (Fsp3) is 0.0345. The lowest BCUT2D eigenvalue weighted by atomic mass is 10.0. The minimum absolute atomic E-state index is 0.632. The van der Waals surface area contributed by atoms with Gasteiger partial charge in [-0.2, -0.15) is 10.2 Å². The van der Waals surface area contributed by atoms with E-state index >= 15 is 0 Å². The summed E-state index contributed by atoms with van der Waals surface area (Å²) in [6.07, 6.45) is 1.79. The quantitative estimate of drug-likeness (QED) is 0.251. The summed E-state index contributed by atoms with van der Waals surface area (Å²) in [6, 6.07) is 34.0. The minimum atomic E-state index is 0.632. The molecule has 6 rings (SSSR count). The summed E-state index contributed by atoms with van der Waals surface area (Å²) < 4.78 is 7.22. The molecule has 0 unspecified atom stereocenters. The van der Waals surface area contributed by atoms with Crippen LogP contribution in [0.25, 0.3) is 38.9 Å². The molecule has 2 aromatic heterocycles. The van der Waals surface area contributed by atoms with Gasteiger partial charge in [0.05, 0.1) is 18.5 Å². The number of nitrogens with zero attached hydrogens (tertiary/aromatic N) is 5. The molecule has 0 bridgehead atoms. The number of hydrogen-bond donors (Lipinski definition) is 0. The van der Waals surface area contributed by atoms with Gasteiger partial charge in [0.25, 0.3) is 0 Å². The van der Waals surface area contributed by atoms with Gasteiger partial charge in [0.1, 0.15) is 11.4 Å². The zero-order valence-corrected chi connectivity index (χ0v) is 19.0. The number of rotatable bonds is 5. The highest BCUT2D eigenvalue weighted by Crippen LogP contribution is 2.36. The van der Waals surface area contributed by atoms with Crippen LogP contribution in [0.1, 0.15) is 0 Å². The van der Waals surface area contributed by atoms with Crippen molar-refractivity contribution in [3.63, 3.8) is 0 Å². The van der Waals surface area contributed by atoms with Gasteiger partial charge in [-0.05, 0) is 47.2 Å². The zero-order chi connectivity index (χ0) is 23.6. The standard InChI is InChI=1S/C29H21N5O/c1-35-25-15-14-21-18-23(13-12-22(21)19-25)26-16-17-30-29-28(32-31-24-10-6-3-7-11-24)27(33-34(26)29)20-8-4-2-5-9-20/h2-19H,1H3. The molecule has 6 nitrogen and oxygen atoms in total. The van der Waals surface area contributed by atoms with Crippen LogP contribution in [0.4, 0.5) is 11.4 Å². The largest absolute Gasteiger partial charge is 0.497 e. The number of benzene rings is 4. The topological polar surface area (TPSA) is 64.1 Å². The van der Waals surface area contributed by atoms with E-state index in [-0.39, 0.29) is 0 Å². The molecular formula is C29H21N5O. The van der Waals surface area contributed by atoms with Crippen LogP contribution in [0.2, 0.25) is 0 Å². The number of hydrogen-bond acceptors (Lipinski definition) is 5. The molecule has 0 aliphatic carbocycles. The van der Waals surface area contributed by atoms with Gasteiger partial charge >= 0.3 is 0 Å². The molecule has 6 aromatic rings. The van der Waals surface area contributed by atoms with Crippen LogP contribution >= 0.6 is 0 Å². The Kier molecular flexibility index (Phi) is 5.24. The number of fused-ring (bicyclic) bond motifs is 2. The van der Waals surface area contributed by atoms with E-state index in [9.17, 15) is 0 Å². The van der Waals surface area contributed by atoms with Crippen molar-refractivity contribution in [3.05, 3.63) is 109 Å². The van der Waals surface area contributed by atoms with Gasteiger partial charge < -0.3 is 4.74 Å². The van der Waals surface area contributed by atoms with Crippen LogP contribution in [-0.4, -0.2) is 21.7 Å². The molecule has 0 aliphatic heterocycles. The molecule has 6 heteroatoms. The number of methoxy groups -OCH3 is 1. The van der Waals surface area contributed by atoms with E-state index in [4.69, 9.17) is 9.84 Å². The molecule has 0 saturated carbocycles. The summed E-state index contributed by atoms with van der Waals surface area (Å²) in [5.41, 5.74) is 5.69. The third kappa shape index (κ3) is 3.91. The molecule has 0 saturated heterocycles. The van der Waals surface area contributed by atoms with Crippen molar-refractivity contribution in [3.8, 4) is 28.3 Å². The molecule has 0 radical (unpaired) electrons. The van der Waals surface area contributed by atoms with Crippen LogP contribution < -0.4 is 4.74 Å². The van der Waals surface area contributed by atoms with Crippen molar-refractivity contribution in [2.75, 3.05) is 7.11 Å². The van der Waals surface area contributed by atoms with E-state index in [1.165, 1.54) is 0 Å². The van der Waals surface area contributed by atoms with E-state index in [2.05, 4.69) is 39.5 Å². The minimum Gasteiger partial charge on any atom is -0.497 e. The first-order chi connectivity index (χ1) is 17.3. The van der Waals surface area contributed by atoms with Gasteiger partial charge in [-0.1, -0.05) is 66.7 Å². The number of aromatic nitrogens is 3. The van der Waals surface area contributed by atoms with Crippen molar-refractivity contribution in [2.24, 2.45) is 10.2 Å². The molecule has 2 heterocycles. The molecule has 0 N–H and O–H groups in total. The zero-order valence-electron chi connectivity index (χ0n) is 19.0. The van der Waals surface area contributed by atoms with Crippen LogP contribution in [0.3, 0.4) is 0 Å². The predicted octanol–water partition coefficient (Wildman–Crippen LogP) is 7.64. The summed E-state index contributed by atoms with van der Waals surface area (Å²) >= 11 is 0. The third-order valence-corrected chi connectivity index (χ3v) is 5.91. The Hall–Kier alpha value is -4.84. The van der Waals surface area contributed by atoms with Gasteiger partial charge in [0.2, 0.25) is 0 Å². The van der Waals surface area contributed by atoms with E-state index in [1.807, 2.05) is 83.4 Å². The predicted molar refractivity (Wildman–Crippen MR) is 139 cm³/mol. The second-order valence-electron chi connectivity index (χ2n) is 8.09. The lowest BCUT2D eigenvalue weighted by Crippen LogP contribution is -1.95. The molecule has 4 aromatic carbocycles. The van der Waals surface area contributed by atoms with E-state index in [0.717, 1.165) is 44.7 Å². The summed E-state index contributed by atoms with van der Waals surface area (Å²) in [5.74, 6) is 0.838. The molecule has 0 aliphatic rings. The second kappa shape index (κ2) is 8.83. The van der Waals surface area contributed by atoms with Crippen LogP contribution in [0, 0.1) is 0 Å². The normalized spacial score (nSPS) is 11.5. The average molecular weight is 456 g/mol. The number of azo groups is 1. The van der Waals surface area contributed by atoms with E-state index in [1.54, 1.807) is 13.3 Å². The first kappa shape index (κ1) is 20.7. The Morgan fingerprint density at radius 2 is 1.46 bits per heavy atom. The monoisotopic (exact) mass is 455 g/mol. The highest BCUT2D eigenvalue weighted by Gasteiger charge is 2.18. The summed E-state index contributed by atoms with van der Waals surface area (Å²) in [7, 11) is 1.68. The smallest absolute Gasteiger partial charge is 0.184 e. The molecule has 0 fully saturated rings. The maximum atomic E-state index is 5.37. The van der Waals surface area contributed by atoms with Gasteiger partial charge in [0.15, 0.2) is 11.3 Å². The first-order valence-corrected chi connectivity index (χ1v) is 11.3. The first-order valence-electron chi connectivity index (χ1n) is 11.3. The third-order valence-electron chi connectivity index (χ3n) is 5.91. The second-order valence-corrected chi connectivity index (χ2v) is 8.09. The summed E-state index contributed by atoms with van der Waals surface area (Å²) in [6.45, 7) is 0. The maximum Gasteiger partial charge on any atom is 0.184 e. The molecule has 35 heavy (non-hydrogen) atoms. The fourth-order valence-corrected chi connectivity index (χ4v) is 4.15. The van der Waals surface area contributed by atoms with Crippen molar-refractivity contribution in [2.45, 2.75) is 0 Å². The van der Waals surface area contributed by atoms with Crippen LogP contribution in [0.15, 0.2) is 120 Å². The molecular weight excluding hydrogens is 434 g/mol. The highest BCUT2D eigenvalue weighted by atomic mass is 16.5. The Balaban J connectivity index is 1.54. The van der Waals surface area contributed by atoms with Crippen LogP contribution in [-0.2, 0) is 0 Å². The van der Waals surface area contributed by atoms with Gasteiger partial charge in [-0.15, -0.1) is 5.11 Å². The number of ether oxygens (including phenoxy) is 1. The lowest BCUT2D eigenvalue weighted by Gasteiger charge is -2.07. The average Bonchev–Trinajstić information content (AvgIpc) is 3.31. The highest BCUT2D eigenvalue weighted by molar-refractivity contribution is 5.89. The molecule has 168 valence electrons. The SMILES string of the molecule is COc1ccc2cc(-c3ccnc4c(N=Nc5ccccc5)c(-c5ccccc5)nn34)ccc2c1. The molecule has 0 spiro atoms. The van der Waals surface area contributed by atoms with E-state index in [0.29, 0.717) is 11.3 Å². The van der Waals surface area contributed by atoms with Gasteiger partial charge in [-0.3, -0.25) is 0 Å². The Bertz CT molecular complexity index is 1670. The van der Waals surface area contributed by atoms with Crippen molar-refractivity contribution >= 4 is 27.8 Å². The summed E-state index contributed by atoms with van der Waals surface area (Å²) in [5, 5.41) is 16.3. The Morgan fingerprint density at radius 1 is 0.714 bits per heavy atom. The fourth-order valence-electron chi connectivity index (χ4n) is 4.15. The van der Waals surface area contributed by atoms with Crippen molar-refractivity contribution in [1.29, 1.82) is 0 Å². The summed E-state index contributed by atoms with van der Waals surface area (Å²) in [4.78, 5) is 4.64. The van der Waals surface area contributed by atoms with E-state index < -0.39 is 0 Å². The van der Waals surface area contributed by atoms with Crippen LogP contribution in [0.5, 0.6) is 5.75 Å².